The van der Waals surface area contributed by atoms with E-state index < -0.39 is 8.07 Å². The van der Waals surface area contributed by atoms with E-state index in [9.17, 15) is 0 Å². The van der Waals surface area contributed by atoms with Gasteiger partial charge in [0.2, 0.25) is 0 Å². The van der Waals surface area contributed by atoms with Gasteiger partial charge in [-0.2, -0.15) is 0 Å². The van der Waals surface area contributed by atoms with Crippen LogP contribution in [0.3, 0.4) is 0 Å². The van der Waals surface area contributed by atoms with Crippen molar-refractivity contribution in [1.82, 2.24) is 0 Å². The van der Waals surface area contributed by atoms with Gasteiger partial charge in [0.25, 0.3) is 0 Å². The predicted molar refractivity (Wildman–Crippen MR) is 122 cm³/mol. The van der Waals surface area contributed by atoms with Gasteiger partial charge in [0.15, 0.2) is 8.07 Å². The van der Waals surface area contributed by atoms with Crippen LogP contribution in [-0.2, 0) is 0 Å². The summed E-state index contributed by atoms with van der Waals surface area (Å²) in [5.74, 6) is 11.6. The molecule has 0 saturated heterocycles. The van der Waals surface area contributed by atoms with Crippen LogP contribution in [0.25, 0.3) is 0 Å². The maximum atomic E-state index is 5.21. The summed E-state index contributed by atoms with van der Waals surface area (Å²) in [7, 11) is 1.33. The van der Waals surface area contributed by atoms with Crippen LogP contribution in [0.4, 0.5) is 0 Å². The predicted octanol–water partition coefficient (Wildman–Crippen LogP) is 4.61. The molecular formula is C26H24O2Si. The van der Waals surface area contributed by atoms with Crippen molar-refractivity contribution in [3.8, 4) is 34.8 Å². The van der Waals surface area contributed by atoms with Gasteiger partial charge in [0.05, 0.1) is 14.2 Å². The monoisotopic (exact) mass is 396 g/mol. The van der Waals surface area contributed by atoms with Crippen LogP contribution in [-0.4, -0.2) is 22.3 Å². The van der Waals surface area contributed by atoms with Crippen molar-refractivity contribution in [2.45, 2.75) is 13.1 Å². The molecule has 0 unspecified atom stereocenters. The molecule has 3 heteroatoms. The summed E-state index contributed by atoms with van der Waals surface area (Å²) in [4.78, 5) is 0. The smallest absolute Gasteiger partial charge is 0.164 e. The molecule has 0 aromatic heterocycles. The minimum Gasteiger partial charge on any atom is -0.497 e. The molecule has 0 amide bonds. The van der Waals surface area contributed by atoms with E-state index in [-0.39, 0.29) is 0 Å². The maximum Gasteiger partial charge on any atom is 0.164 e. The fourth-order valence-corrected chi connectivity index (χ4v) is 4.84. The van der Waals surface area contributed by atoms with Crippen molar-refractivity contribution in [2.75, 3.05) is 14.2 Å². The molecule has 0 heterocycles. The summed E-state index contributed by atoms with van der Waals surface area (Å²) in [6.07, 6.45) is 0. The summed E-state index contributed by atoms with van der Waals surface area (Å²) in [5, 5.41) is 1.25. The molecule has 0 aliphatic rings. The second-order valence-corrected chi connectivity index (χ2v) is 11.2. The van der Waals surface area contributed by atoms with Crippen molar-refractivity contribution >= 4 is 13.3 Å². The van der Waals surface area contributed by atoms with E-state index in [2.05, 4.69) is 54.6 Å². The zero-order valence-electron chi connectivity index (χ0n) is 17.2. The summed E-state index contributed by atoms with van der Waals surface area (Å²) >= 11 is 0. The fourth-order valence-electron chi connectivity index (χ4n) is 2.92. The highest BCUT2D eigenvalue weighted by atomic mass is 28.3. The first-order valence-electron chi connectivity index (χ1n) is 9.44. The van der Waals surface area contributed by atoms with Crippen molar-refractivity contribution in [3.05, 3.63) is 89.5 Å². The molecule has 0 saturated carbocycles. The average Bonchev–Trinajstić information content (AvgIpc) is 2.77. The summed E-state index contributed by atoms with van der Waals surface area (Å²) in [6.45, 7) is 4.52. The highest BCUT2D eigenvalue weighted by Gasteiger charge is 2.23. The van der Waals surface area contributed by atoms with Gasteiger partial charge in [0, 0.05) is 16.7 Å². The third-order valence-electron chi connectivity index (χ3n) is 4.64. The van der Waals surface area contributed by atoms with E-state index in [1.54, 1.807) is 14.2 Å². The Bertz CT molecular complexity index is 1090. The van der Waals surface area contributed by atoms with Gasteiger partial charge in [-0.15, -0.1) is 5.54 Å². The molecule has 0 fully saturated rings. The van der Waals surface area contributed by atoms with Crippen molar-refractivity contribution in [1.29, 1.82) is 0 Å². The van der Waals surface area contributed by atoms with Gasteiger partial charge in [-0.05, 0) is 59.8 Å². The molecule has 0 aliphatic carbocycles. The Balaban J connectivity index is 1.89. The molecule has 29 heavy (non-hydrogen) atoms. The van der Waals surface area contributed by atoms with E-state index in [1.807, 2.05) is 54.6 Å². The molecule has 0 aliphatic heterocycles. The Labute approximate surface area is 174 Å². The zero-order valence-corrected chi connectivity index (χ0v) is 18.2. The van der Waals surface area contributed by atoms with Crippen molar-refractivity contribution < 1.29 is 9.47 Å². The molecule has 0 atom stereocenters. The lowest BCUT2D eigenvalue weighted by Gasteiger charge is -2.17. The molecule has 3 aromatic carbocycles. The summed E-state index contributed by atoms with van der Waals surface area (Å²) in [6, 6.07) is 24.0. The first-order chi connectivity index (χ1) is 14.0. The summed E-state index contributed by atoms with van der Waals surface area (Å²) in [5.41, 5.74) is 6.55. The van der Waals surface area contributed by atoms with Crippen molar-refractivity contribution in [3.63, 3.8) is 0 Å². The number of hydrogen-bond donors (Lipinski definition) is 0. The minimum absolute atomic E-state index is 0.832. The Morgan fingerprint density at radius 2 is 1.14 bits per heavy atom. The molecule has 0 bridgehead atoms. The third kappa shape index (κ3) is 5.32. The number of ether oxygens (including phenoxy) is 2. The van der Waals surface area contributed by atoms with E-state index in [1.165, 1.54) is 5.19 Å². The van der Waals surface area contributed by atoms with E-state index in [0.29, 0.717) is 0 Å². The van der Waals surface area contributed by atoms with E-state index in [0.717, 1.165) is 28.2 Å². The lowest BCUT2D eigenvalue weighted by Crippen LogP contribution is -2.42. The molecule has 3 aromatic rings. The van der Waals surface area contributed by atoms with Crippen LogP contribution in [0.1, 0.15) is 16.7 Å². The van der Waals surface area contributed by atoms with Crippen molar-refractivity contribution in [2.24, 2.45) is 0 Å². The maximum absolute atomic E-state index is 5.21. The first-order valence-corrected chi connectivity index (χ1v) is 12.4. The molecule has 0 N–H and O–H groups in total. The van der Waals surface area contributed by atoms with Crippen LogP contribution < -0.4 is 14.7 Å². The normalized spacial score (nSPS) is 10.2. The van der Waals surface area contributed by atoms with Crippen LogP contribution in [0.5, 0.6) is 11.5 Å². The third-order valence-corrected chi connectivity index (χ3v) is 7.17. The Morgan fingerprint density at radius 1 is 0.621 bits per heavy atom. The first kappa shape index (κ1) is 20.3. The average molecular weight is 397 g/mol. The van der Waals surface area contributed by atoms with Gasteiger partial charge >= 0.3 is 0 Å². The zero-order chi connectivity index (χ0) is 20.7. The van der Waals surface area contributed by atoms with Gasteiger partial charge < -0.3 is 9.47 Å². The van der Waals surface area contributed by atoms with Gasteiger partial charge in [-0.1, -0.05) is 49.1 Å². The van der Waals surface area contributed by atoms with E-state index >= 15 is 0 Å². The molecule has 2 nitrogen and oxygen atoms in total. The molecule has 0 radical (unpaired) electrons. The highest BCUT2D eigenvalue weighted by molar-refractivity contribution is 6.96. The Morgan fingerprint density at radius 3 is 1.69 bits per heavy atom. The second-order valence-electron chi connectivity index (χ2n) is 7.13. The summed E-state index contributed by atoms with van der Waals surface area (Å²) < 4.78 is 10.4. The van der Waals surface area contributed by atoms with Gasteiger partial charge in [0.1, 0.15) is 11.5 Å². The van der Waals surface area contributed by atoms with Crippen LogP contribution in [0, 0.1) is 23.3 Å². The molecular weight excluding hydrogens is 372 g/mol. The van der Waals surface area contributed by atoms with Crippen LogP contribution >= 0.6 is 0 Å². The number of hydrogen-bond acceptors (Lipinski definition) is 2. The minimum atomic E-state index is -2.00. The van der Waals surface area contributed by atoms with E-state index in [4.69, 9.17) is 9.47 Å². The lowest BCUT2D eigenvalue weighted by molar-refractivity contribution is 0.414. The lowest BCUT2D eigenvalue weighted by atomic mass is 10.2. The number of methoxy groups -OCH3 is 2. The molecule has 3 rings (SSSR count). The Hall–Kier alpha value is -3.40. The van der Waals surface area contributed by atoms with Crippen LogP contribution in [0.15, 0.2) is 72.8 Å². The fraction of sp³-hybridized carbons (Fsp3) is 0.154. The topological polar surface area (TPSA) is 18.5 Å². The van der Waals surface area contributed by atoms with Crippen LogP contribution in [0.2, 0.25) is 13.1 Å². The van der Waals surface area contributed by atoms with Gasteiger partial charge in [-0.3, -0.25) is 0 Å². The Kier molecular flexibility index (Phi) is 6.45. The number of rotatable bonds is 3. The molecule has 144 valence electrons. The molecule has 0 spiro atoms. The second kappa shape index (κ2) is 9.19. The quantitative estimate of drug-likeness (QED) is 0.475. The number of benzene rings is 3. The SMILES string of the molecule is COc1ccc(C#Cc2ccccc2[Si](C)(C)C#Cc2ccc(OC)cc2)cc1. The largest absolute Gasteiger partial charge is 0.497 e. The standard InChI is InChI=1S/C26H24O2Si/c1-27-24-15-10-21(11-16-24)9-14-23-7-5-6-8-26(23)29(3,4)20-19-22-12-17-25(28-2)18-13-22/h5-8,10-13,15-18H,1-4H3. The highest BCUT2D eigenvalue weighted by Crippen LogP contribution is 2.13. The van der Waals surface area contributed by atoms with Gasteiger partial charge in [-0.25, -0.2) is 0 Å².